The molecule has 0 fully saturated rings. The van der Waals surface area contributed by atoms with Crippen molar-refractivity contribution in [2.24, 2.45) is 0 Å². The molecule has 11 heteroatoms. The van der Waals surface area contributed by atoms with Crippen LogP contribution >= 0.6 is 0 Å². The Labute approximate surface area is 176 Å². The lowest BCUT2D eigenvalue weighted by atomic mass is 10.1. The number of nitro benzene ring substituents is 1. The van der Waals surface area contributed by atoms with Crippen molar-refractivity contribution in [1.29, 1.82) is 0 Å². The van der Waals surface area contributed by atoms with E-state index in [9.17, 15) is 22.9 Å². The first-order chi connectivity index (χ1) is 14.7. The molecule has 2 aromatic heterocycles. The van der Waals surface area contributed by atoms with E-state index in [1.54, 1.807) is 25.3 Å². The molecule has 0 aliphatic heterocycles. The number of aromatic nitrogens is 3. The number of H-pyrrole nitrogens is 1. The van der Waals surface area contributed by atoms with Gasteiger partial charge in [-0.05, 0) is 24.6 Å². The summed E-state index contributed by atoms with van der Waals surface area (Å²) in [4.78, 5) is 21.9. The average Bonchev–Trinajstić information content (AvgIpc) is 3.14. The van der Waals surface area contributed by atoms with Crippen LogP contribution in [0.1, 0.15) is 5.56 Å². The molecule has 31 heavy (non-hydrogen) atoms. The Morgan fingerprint density at radius 3 is 2.65 bits per heavy atom. The third kappa shape index (κ3) is 3.70. The zero-order valence-electron chi connectivity index (χ0n) is 16.4. The van der Waals surface area contributed by atoms with Crippen LogP contribution in [0.25, 0.3) is 22.2 Å². The molecule has 0 amide bonds. The van der Waals surface area contributed by atoms with Crippen molar-refractivity contribution in [2.75, 3.05) is 11.6 Å². The number of hydrogen-bond donors (Lipinski definition) is 2. The first kappa shape index (κ1) is 20.4. The van der Waals surface area contributed by atoms with Gasteiger partial charge in [0.15, 0.2) is 15.7 Å². The molecule has 158 valence electrons. The zero-order chi connectivity index (χ0) is 22.3. The summed E-state index contributed by atoms with van der Waals surface area (Å²) in [5, 5.41) is 14.6. The third-order valence-electron chi connectivity index (χ3n) is 4.73. The van der Waals surface area contributed by atoms with Crippen LogP contribution < -0.4 is 5.32 Å². The van der Waals surface area contributed by atoms with Gasteiger partial charge in [-0.2, -0.15) is 0 Å². The molecule has 2 heterocycles. The Balaban J connectivity index is 1.79. The lowest BCUT2D eigenvalue weighted by Crippen LogP contribution is -2.06. The van der Waals surface area contributed by atoms with Crippen molar-refractivity contribution < 1.29 is 17.7 Å². The fourth-order valence-corrected chi connectivity index (χ4v) is 4.04. The number of hydrogen-bond acceptors (Lipinski definition) is 7. The average molecular weight is 441 g/mol. The second-order valence-corrected chi connectivity index (χ2v) is 8.88. The van der Waals surface area contributed by atoms with E-state index in [0.29, 0.717) is 27.7 Å². The quantitative estimate of drug-likeness (QED) is 0.352. The van der Waals surface area contributed by atoms with Gasteiger partial charge in [0, 0.05) is 35.7 Å². The van der Waals surface area contributed by atoms with Crippen LogP contribution in [-0.4, -0.2) is 34.5 Å². The lowest BCUT2D eigenvalue weighted by Gasteiger charge is -2.11. The number of sulfone groups is 1. The SMILES string of the molecule is Cc1cnc(Nc2cccc(S(C)(=O)=O)c2F)nc1-c1c[nH]c2c([N+](=O)[O-])cccc12. The second kappa shape index (κ2) is 7.43. The Morgan fingerprint density at radius 1 is 1.19 bits per heavy atom. The maximum absolute atomic E-state index is 14.7. The standard InChI is InChI=1S/C20H16FN5O4S/c1-11-9-23-20(24-14-6-4-8-16(17(14)21)31(2,29)30)25-18(11)13-10-22-19-12(13)5-3-7-15(19)26(27)28/h3-10,22H,1-2H3,(H,23,24,25). The Morgan fingerprint density at radius 2 is 1.94 bits per heavy atom. The molecule has 0 aliphatic carbocycles. The molecule has 0 unspecified atom stereocenters. The summed E-state index contributed by atoms with van der Waals surface area (Å²) in [6.07, 6.45) is 4.06. The van der Waals surface area contributed by atoms with Crippen LogP contribution in [0.5, 0.6) is 0 Å². The topological polar surface area (TPSA) is 131 Å². The van der Waals surface area contributed by atoms with E-state index in [0.717, 1.165) is 6.26 Å². The molecule has 4 rings (SSSR count). The minimum absolute atomic E-state index is 0.0462. The molecule has 4 aromatic rings. The van der Waals surface area contributed by atoms with E-state index in [1.807, 2.05) is 0 Å². The third-order valence-corrected chi connectivity index (χ3v) is 5.84. The van der Waals surface area contributed by atoms with Crippen LogP contribution in [0.4, 0.5) is 21.7 Å². The van der Waals surface area contributed by atoms with Crippen molar-refractivity contribution >= 4 is 38.1 Å². The monoisotopic (exact) mass is 441 g/mol. The Bertz CT molecular complexity index is 1450. The summed E-state index contributed by atoms with van der Waals surface area (Å²) in [6, 6.07) is 8.69. The van der Waals surface area contributed by atoms with Crippen LogP contribution in [0.2, 0.25) is 0 Å². The number of fused-ring (bicyclic) bond motifs is 1. The van der Waals surface area contributed by atoms with E-state index >= 15 is 0 Å². The van der Waals surface area contributed by atoms with Crippen molar-refractivity contribution in [3.63, 3.8) is 0 Å². The van der Waals surface area contributed by atoms with Gasteiger partial charge >= 0.3 is 0 Å². The summed E-state index contributed by atoms with van der Waals surface area (Å²) < 4.78 is 38.2. The number of benzene rings is 2. The first-order valence-corrected chi connectivity index (χ1v) is 10.9. The highest BCUT2D eigenvalue weighted by Gasteiger charge is 2.20. The van der Waals surface area contributed by atoms with Gasteiger partial charge in [-0.1, -0.05) is 18.2 Å². The molecule has 0 bridgehead atoms. The summed E-state index contributed by atoms with van der Waals surface area (Å²) in [5.41, 5.74) is 2.02. The van der Waals surface area contributed by atoms with Crippen molar-refractivity contribution in [1.82, 2.24) is 15.0 Å². The predicted octanol–water partition coefficient (Wildman–Crippen LogP) is 4.13. The Kier molecular flexibility index (Phi) is 4.90. The lowest BCUT2D eigenvalue weighted by molar-refractivity contribution is -0.383. The number of rotatable bonds is 5. The van der Waals surface area contributed by atoms with Crippen LogP contribution in [0, 0.1) is 22.9 Å². The zero-order valence-corrected chi connectivity index (χ0v) is 17.2. The molecule has 0 spiro atoms. The van der Waals surface area contributed by atoms with E-state index in [1.165, 1.54) is 30.5 Å². The highest BCUT2D eigenvalue weighted by Crippen LogP contribution is 2.34. The van der Waals surface area contributed by atoms with E-state index in [4.69, 9.17) is 0 Å². The second-order valence-electron chi connectivity index (χ2n) is 6.90. The van der Waals surface area contributed by atoms with Gasteiger partial charge in [0.1, 0.15) is 10.4 Å². The molecular weight excluding hydrogens is 425 g/mol. The number of nitrogens with zero attached hydrogens (tertiary/aromatic N) is 3. The predicted molar refractivity (Wildman–Crippen MR) is 114 cm³/mol. The largest absolute Gasteiger partial charge is 0.355 e. The summed E-state index contributed by atoms with van der Waals surface area (Å²) in [6.45, 7) is 1.78. The summed E-state index contributed by atoms with van der Waals surface area (Å²) in [5.74, 6) is -0.886. The van der Waals surface area contributed by atoms with E-state index in [-0.39, 0.29) is 17.3 Å². The van der Waals surface area contributed by atoms with Crippen molar-refractivity contribution in [2.45, 2.75) is 11.8 Å². The molecular formula is C20H16FN5O4S. The fourth-order valence-electron chi connectivity index (χ4n) is 3.28. The maximum atomic E-state index is 14.7. The van der Waals surface area contributed by atoms with Crippen LogP contribution in [0.15, 0.2) is 53.7 Å². The van der Waals surface area contributed by atoms with Gasteiger partial charge in [-0.3, -0.25) is 10.1 Å². The number of para-hydroxylation sites is 1. The number of non-ortho nitro benzene ring substituents is 1. The minimum Gasteiger partial charge on any atom is -0.355 e. The number of aryl methyl sites for hydroxylation is 1. The van der Waals surface area contributed by atoms with Gasteiger partial charge in [-0.25, -0.2) is 22.8 Å². The highest BCUT2D eigenvalue weighted by molar-refractivity contribution is 7.90. The van der Waals surface area contributed by atoms with Gasteiger partial charge in [-0.15, -0.1) is 0 Å². The normalized spacial score (nSPS) is 11.6. The smallest absolute Gasteiger partial charge is 0.293 e. The fraction of sp³-hybridized carbons (Fsp3) is 0.100. The molecule has 9 nitrogen and oxygen atoms in total. The van der Waals surface area contributed by atoms with Gasteiger partial charge in [0.2, 0.25) is 5.95 Å². The number of nitrogens with one attached hydrogen (secondary N) is 2. The summed E-state index contributed by atoms with van der Waals surface area (Å²) in [7, 11) is -3.75. The number of aromatic amines is 1. The number of halogens is 1. The first-order valence-electron chi connectivity index (χ1n) is 9.01. The highest BCUT2D eigenvalue weighted by atomic mass is 32.2. The number of anilines is 2. The van der Waals surface area contributed by atoms with Crippen molar-refractivity contribution in [3.8, 4) is 11.3 Å². The minimum atomic E-state index is -3.75. The molecule has 2 N–H and O–H groups in total. The van der Waals surface area contributed by atoms with E-state index in [2.05, 4.69) is 20.3 Å². The Hall–Kier alpha value is -3.86. The molecule has 0 saturated heterocycles. The van der Waals surface area contributed by atoms with Crippen LogP contribution in [0.3, 0.4) is 0 Å². The van der Waals surface area contributed by atoms with E-state index < -0.39 is 25.5 Å². The summed E-state index contributed by atoms with van der Waals surface area (Å²) >= 11 is 0. The van der Waals surface area contributed by atoms with Crippen LogP contribution in [-0.2, 0) is 9.84 Å². The van der Waals surface area contributed by atoms with Crippen molar-refractivity contribution in [3.05, 3.63) is 70.3 Å². The molecule has 0 atom stereocenters. The molecule has 2 aromatic carbocycles. The van der Waals surface area contributed by atoms with Gasteiger partial charge < -0.3 is 10.3 Å². The molecule has 0 aliphatic rings. The maximum Gasteiger partial charge on any atom is 0.293 e. The van der Waals surface area contributed by atoms with Gasteiger partial charge in [0.25, 0.3) is 5.69 Å². The van der Waals surface area contributed by atoms with Gasteiger partial charge in [0.05, 0.1) is 16.3 Å². The number of nitro groups is 1. The molecule has 0 radical (unpaired) electrons. The molecule has 0 saturated carbocycles.